The van der Waals surface area contributed by atoms with Gasteiger partial charge in [-0.1, -0.05) is 12.1 Å². The van der Waals surface area contributed by atoms with Gasteiger partial charge in [-0.2, -0.15) is 9.97 Å². The lowest BCUT2D eigenvalue weighted by atomic mass is 10.3. The van der Waals surface area contributed by atoms with Crippen LogP contribution in [0.1, 0.15) is 5.69 Å². The molecule has 1 saturated heterocycles. The third-order valence-corrected chi connectivity index (χ3v) is 4.87. The normalized spacial score (nSPS) is 13.2. The van der Waals surface area contributed by atoms with Crippen LogP contribution in [0.5, 0.6) is 11.6 Å². The summed E-state index contributed by atoms with van der Waals surface area (Å²) in [5, 5.41) is 14.4. The molecule has 1 aromatic carbocycles. The largest absolute Gasteiger partial charge is 0.508 e. The number of nitrogens with zero attached hydrogens (tertiary/aromatic N) is 4. The molecule has 2 aromatic heterocycles. The zero-order valence-electron chi connectivity index (χ0n) is 18.3. The Morgan fingerprint density at radius 2 is 1.85 bits per heavy atom. The number of carbonyl (C=O) groups is 2. The van der Waals surface area contributed by atoms with Crippen LogP contribution in [0.15, 0.2) is 54.7 Å². The molecular formula is C23H24N6O5. The standard InChI is InChI=1S/C23H24N6O5/c30-18-6-3-5-17(14-18)25-21(31)22(32)26-19-15-20(34-11-7-16-4-1-2-8-24-16)28-23(27-19)29-9-12-33-13-10-29/h1-6,8,14-15,30H,7,9-13H2,(H,25,31)(H,26,27,28,32). The van der Waals surface area contributed by atoms with E-state index in [1.165, 1.54) is 18.2 Å². The highest BCUT2D eigenvalue weighted by Crippen LogP contribution is 2.21. The number of rotatable bonds is 7. The second kappa shape index (κ2) is 11.1. The van der Waals surface area contributed by atoms with E-state index < -0.39 is 11.8 Å². The highest BCUT2D eigenvalue weighted by molar-refractivity contribution is 6.43. The number of ether oxygens (including phenoxy) is 2. The molecule has 1 fully saturated rings. The number of carbonyl (C=O) groups excluding carboxylic acids is 2. The molecule has 0 spiro atoms. The zero-order valence-corrected chi connectivity index (χ0v) is 18.3. The molecule has 11 heteroatoms. The summed E-state index contributed by atoms with van der Waals surface area (Å²) < 4.78 is 11.2. The predicted octanol–water partition coefficient (Wildman–Crippen LogP) is 1.61. The molecule has 0 aliphatic carbocycles. The molecule has 4 rings (SSSR count). The Morgan fingerprint density at radius 1 is 1.03 bits per heavy atom. The van der Waals surface area contributed by atoms with Crippen LogP contribution in [-0.2, 0) is 20.7 Å². The number of morpholine rings is 1. The van der Waals surface area contributed by atoms with Gasteiger partial charge in [0.2, 0.25) is 11.8 Å². The summed E-state index contributed by atoms with van der Waals surface area (Å²) in [6, 6.07) is 13.0. The number of benzene rings is 1. The number of hydrogen-bond donors (Lipinski definition) is 3. The van der Waals surface area contributed by atoms with Crippen LogP contribution in [-0.4, -0.2) is 64.8 Å². The van der Waals surface area contributed by atoms with Crippen molar-refractivity contribution in [2.24, 2.45) is 0 Å². The van der Waals surface area contributed by atoms with Crippen molar-refractivity contribution in [1.29, 1.82) is 0 Å². The molecular weight excluding hydrogens is 440 g/mol. The van der Waals surface area contributed by atoms with Gasteiger partial charge in [0, 0.05) is 49.2 Å². The van der Waals surface area contributed by atoms with Crippen molar-refractivity contribution >= 4 is 29.3 Å². The van der Waals surface area contributed by atoms with Gasteiger partial charge in [0.1, 0.15) is 11.6 Å². The highest BCUT2D eigenvalue weighted by atomic mass is 16.5. The van der Waals surface area contributed by atoms with Gasteiger partial charge in [0.15, 0.2) is 0 Å². The quantitative estimate of drug-likeness (QED) is 0.445. The molecule has 176 valence electrons. The average molecular weight is 464 g/mol. The fourth-order valence-corrected chi connectivity index (χ4v) is 3.21. The Hall–Kier alpha value is -4.25. The van der Waals surface area contributed by atoms with Crippen LogP contribution in [0.3, 0.4) is 0 Å². The zero-order chi connectivity index (χ0) is 23.8. The van der Waals surface area contributed by atoms with Gasteiger partial charge in [0.05, 0.1) is 19.8 Å². The van der Waals surface area contributed by atoms with Crippen LogP contribution >= 0.6 is 0 Å². The molecule has 2 amide bonds. The SMILES string of the molecule is O=C(Nc1cccc(O)c1)C(=O)Nc1cc(OCCc2ccccn2)nc(N2CCOCC2)n1. The van der Waals surface area contributed by atoms with Crippen molar-refractivity contribution in [3.8, 4) is 11.6 Å². The molecule has 34 heavy (non-hydrogen) atoms. The number of aromatic hydroxyl groups is 1. The third kappa shape index (κ3) is 6.39. The topological polar surface area (TPSA) is 139 Å². The van der Waals surface area contributed by atoms with E-state index in [1.807, 2.05) is 23.1 Å². The Labute approximate surface area is 195 Å². The first-order chi connectivity index (χ1) is 16.6. The Balaban J connectivity index is 1.46. The minimum atomic E-state index is -0.922. The summed E-state index contributed by atoms with van der Waals surface area (Å²) in [6.45, 7) is 2.55. The first-order valence-electron chi connectivity index (χ1n) is 10.7. The first-order valence-corrected chi connectivity index (χ1v) is 10.7. The predicted molar refractivity (Wildman–Crippen MR) is 124 cm³/mol. The summed E-state index contributed by atoms with van der Waals surface area (Å²) in [5.74, 6) is -1.11. The Bertz CT molecular complexity index is 1140. The molecule has 11 nitrogen and oxygen atoms in total. The number of aromatic nitrogens is 3. The number of amides is 2. The number of nitrogens with one attached hydrogen (secondary N) is 2. The van der Waals surface area contributed by atoms with Gasteiger partial charge in [-0.15, -0.1) is 0 Å². The number of phenols is 1. The molecule has 0 saturated carbocycles. The van der Waals surface area contributed by atoms with Crippen LogP contribution in [0.2, 0.25) is 0 Å². The molecule has 3 heterocycles. The van der Waals surface area contributed by atoms with E-state index in [4.69, 9.17) is 9.47 Å². The molecule has 0 radical (unpaired) electrons. The van der Waals surface area contributed by atoms with Crippen molar-refractivity contribution in [2.45, 2.75) is 6.42 Å². The maximum Gasteiger partial charge on any atom is 0.315 e. The van der Waals surface area contributed by atoms with E-state index in [0.717, 1.165) is 5.69 Å². The number of anilines is 3. The van der Waals surface area contributed by atoms with E-state index in [2.05, 4.69) is 25.6 Å². The number of pyridine rings is 1. The monoisotopic (exact) mass is 464 g/mol. The lowest BCUT2D eigenvalue weighted by molar-refractivity contribution is -0.133. The van der Waals surface area contributed by atoms with Crippen molar-refractivity contribution in [3.63, 3.8) is 0 Å². The van der Waals surface area contributed by atoms with Gasteiger partial charge in [-0.3, -0.25) is 14.6 Å². The Kier molecular flexibility index (Phi) is 7.45. The van der Waals surface area contributed by atoms with Gasteiger partial charge < -0.3 is 30.1 Å². The van der Waals surface area contributed by atoms with Crippen molar-refractivity contribution in [2.75, 3.05) is 48.4 Å². The lowest BCUT2D eigenvalue weighted by Gasteiger charge is -2.27. The van der Waals surface area contributed by atoms with E-state index in [-0.39, 0.29) is 23.1 Å². The maximum absolute atomic E-state index is 12.5. The van der Waals surface area contributed by atoms with Crippen LogP contribution in [0.4, 0.5) is 17.5 Å². The number of hydrogen-bond acceptors (Lipinski definition) is 9. The minimum Gasteiger partial charge on any atom is -0.508 e. The number of phenolic OH excluding ortho intramolecular Hbond substituents is 1. The summed E-state index contributed by atoms with van der Waals surface area (Å²) in [6.07, 6.45) is 2.29. The van der Waals surface area contributed by atoms with Gasteiger partial charge in [-0.05, 0) is 24.3 Å². The van der Waals surface area contributed by atoms with E-state index in [9.17, 15) is 14.7 Å². The van der Waals surface area contributed by atoms with Crippen molar-refractivity contribution < 1.29 is 24.2 Å². The summed E-state index contributed by atoms with van der Waals surface area (Å²) in [4.78, 5) is 39.8. The van der Waals surface area contributed by atoms with E-state index in [1.54, 1.807) is 18.3 Å². The maximum atomic E-state index is 12.5. The van der Waals surface area contributed by atoms with Gasteiger partial charge in [0.25, 0.3) is 0 Å². The van der Waals surface area contributed by atoms with Crippen LogP contribution in [0, 0.1) is 0 Å². The minimum absolute atomic E-state index is 0.0309. The summed E-state index contributed by atoms with van der Waals surface area (Å²) >= 11 is 0. The molecule has 3 N–H and O–H groups in total. The van der Waals surface area contributed by atoms with Crippen molar-refractivity contribution in [1.82, 2.24) is 15.0 Å². The molecule has 1 aliphatic heterocycles. The summed E-state index contributed by atoms with van der Waals surface area (Å²) in [7, 11) is 0. The van der Waals surface area contributed by atoms with Crippen molar-refractivity contribution in [3.05, 3.63) is 60.4 Å². The van der Waals surface area contributed by atoms with E-state index >= 15 is 0 Å². The summed E-state index contributed by atoms with van der Waals surface area (Å²) in [5.41, 5.74) is 1.16. The third-order valence-electron chi connectivity index (χ3n) is 4.87. The van der Waals surface area contributed by atoms with Crippen LogP contribution < -0.4 is 20.3 Å². The second-order valence-electron chi connectivity index (χ2n) is 7.37. The fraction of sp³-hybridized carbons (Fsp3) is 0.261. The molecule has 1 aliphatic rings. The average Bonchev–Trinajstić information content (AvgIpc) is 2.85. The molecule has 0 bridgehead atoms. The highest BCUT2D eigenvalue weighted by Gasteiger charge is 2.20. The lowest BCUT2D eigenvalue weighted by Crippen LogP contribution is -2.37. The van der Waals surface area contributed by atoms with Gasteiger partial charge in [-0.25, -0.2) is 0 Å². The molecule has 0 unspecified atom stereocenters. The molecule has 0 atom stereocenters. The Morgan fingerprint density at radius 3 is 2.62 bits per heavy atom. The van der Waals surface area contributed by atoms with Crippen LogP contribution in [0.25, 0.3) is 0 Å². The first kappa shape index (κ1) is 22.9. The van der Waals surface area contributed by atoms with Gasteiger partial charge >= 0.3 is 11.8 Å². The van der Waals surface area contributed by atoms with E-state index in [0.29, 0.717) is 45.3 Å². The fourth-order valence-electron chi connectivity index (χ4n) is 3.21. The smallest absolute Gasteiger partial charge is 0.315 e. The second-order valence-corrected chi connectivity index (χ2v) is 7.37. The molecule has 3 aromatic rings.